The number of benzene rings is 3. The number of carbonyl (C=O) groups excluding carboxylic acids is 1. The molecule has 25 heavy (non-hydrogen) atoms. The molecule has 1 amide bonds. The Kier molecular flexibility index (Phi) is 4.79. The average molecular weight is 374 g/mol. The molecule has 1 N–H and O–H groups in total. The van der Waals surface area contributed by atoms with Crippen molar-refractivity contribution >= 4 is 43.8 Å². The highest BCUT2D eigenvalue weighted by Gasteiger charge is 2.20. The van der Waals surface area contributed by atoms with Crippen molar-refractivity contribution in [3.8, 4) is 0 Å². The van der Waals surface area contributed by atoms with Crippen LogP contribution < -0.4 is 5.32 Å². The summed E-state index contributed by atoms with van der Waals surface area (Å²) in [5, 5.41) is 4.84. The summed E-state index contributed by atoms with van der Waals surface area (Å²) in [6, 6.07) is 17.4. The van der Waals surface area contributed by atoms with Crippen LogP contribution in [0.3, 0.4) is 0 Å². The Morgan fingerprint density at radius 3 is 2.48 bits per heavy atom. The van der Waals surface area contributed by atoms with E-state index in [1.54, 1.807) is 30.3 Å². The highest BCUT2D eigenvalue weighted by Crippen LogP contribution is 2.22. The lowest BCUT2D eigenvalue weighted by Crippen LogP contribution is -2.23. The Morgan fingerprint density at radius 2 is 1.72 bits per heavy atom. The topological polar surface area (TPSA) is 63.2 Å². The lowest BCUT2D eigenvalue weighted by atomic mass is 10.1. The van der Waals surface area contributed by atoms with E-state index >= 15 is 0 Å². The third-order valence-corrected chi connectivity index (χ3v) is 5.72. The van der Waals surface area contributed by atoms with Crippen molar-refractivity contribution < 1.29 is 13.2 Å². The van der Waals surface area contributed by atoms with Crippen LogP contribution in [0.15, 0.2) is 65.6 Å². The number of carbonyl (C=O) groups is 1. The minimum atomic E-state index is -3.74. The van der Waals surface area contributed by atoms with Gasteiger partial charge in [0, 0.05) is 10.7 Å². The molecular formula is C19H16ClNO3S. The first-order chi connectivity index (χ1) is 11.8. The van der Waals surface area contributed by atoms with Crippen LogP contribution in [-0.4, -0.2) is 20.1 Å². The first-order valence-corrected chi connectivity index (χ1v) is 9.66. The third kappa shape index (κ3) is 4.00. The molecule has 128 valence electrons. The summed E-state index contributed by atoms with van der Waals surface area (Å²) in [6.07, 6.45) is 0. The molecule has 0 unspecified atom stereocenters. The molecule has 0 saturated heterocycles. The molecule has 0 aliphatic heterocycles. The molecule has 3 aromatic rings. The molecule has 4 nitrogen and oxygen atoms in total. The number of fused-ring (bicyclic) bond motifs is 1. The number of nitrogens with one attached hydrogen (secondary N) is 1. The Morgan fingerprint density at radius 1 is 1.00 bits per heavy atom. The minimum Gasteiger partial charge on any atom is -0.325 e. The molecule has 3 rings (SSSR count). The van der Waals surface area contributed by atoms with E-state index in [-0.39, 0.29) is 4.90 Å². The van der Waals surface area contributed by atoms with E-state index in [2.05, 4.69) is 5.32 Å². The van der Waals surface area contributed by atoms with E-state index in [1.807, 2.05) is 31.2 Å². The summed E-state index contributed by atoms with van der Waals surface area (Å²) < 4.78 is 25.1. The number of sulfone groups is 1. The number of aryl methyl sites for hydroxylation is 1. The zero-order chi connectivity index (χ0) is 18.0. The first kappa shape index (κ1) is 17.5. The van der Waals surface area contributed by atoms with Crippen LogP contribution in [0, 0.1) is 6.92 Å². The molecule has 0 spiro atoms. The summed E-state index contributed by atoms with van der Waals surface area (Å²) in [7, 11) is -3.74. The second-order valence-corrected chi connectivity index (χ2v) is 8.20. The van der Waals surface area contributed by atoms with E-state index in [4.69, 9.17) is 11.6 Å². The largest absolute Gasteiger partial charge is 0.325 e. The fourth-order valence-corrected chi connectivity index (χ4v) is 3.87. The second kappa shape index (κ2) is 6.86. The van der Waals surface area contributed by atoms with Gasteiger partial charge in [-0.05, 0) is 47.5 Å². The molecule has 0 fully saturated rings. The zero-order valence-electron chi connectivity index (χ0n) is 13.5. The smallest absolute Gasteiger partial charge is 0.239 e. The van der Waals surface area contributed by atoms with Gasteiger partial charge in [-0.15, -0.1) is 0 Å². The van der Waals surface area contributed by atoms with Gasteiger partial charge >= 0.3 is 0 Å². The summed E-state index contributed by atoms with van der Waals surface area (Å²) in [4.78, 5) is 12.3. The van der Waals surface area contributed by atoms with Crippen LogP contribution in [0.5, 0.6) is 0 Å². The van der Waals surface area contributed by atoms with Crippen molar-refractivity contribution in [1.29, 1.82) is 0 Å². The Hall–Kier alpha value is -2.37. The van der Waals surface area contributed by atoms with Gasteiger partial charge in [0.05, 0.1) is 4.90 Å². The number of hydrogen-bond donors (Lipinski definition) is 1. The molecule has 0 aromatic heterocycles. The first-order valence-electron chi connectivity index (χ1n) is 7.63. The predicted molar refractivity (Wildman–Crippen MR) is 101 cm³/mol. The van der Waals surface area contributed by atoms with E-state index in [0.29, 0.717) is 10.7 Å². The number of hydrogen-bond acceptors (Lipinski definition) is 3. The fourth-order valence-electron chi connectivity index (χ4n) is 2.53. The van der Waals surface area contributed by atoms with E-state index in [9.17, 15) is 13.2 Å². The lowest BCUT2D eigenvalue weighted by Gasteiger charge is -2.10. The molecular weight excluding hydrogens is 358 g/mol. The minimum absolute atomic E-state index is 0.129. The molecule has 3 aromatic carbocycles. The molecule has 0 aliphatic rings. The van der Waals surface area contributed by atoms with E-state index < -0.39 is 21.5 Å². The van der Waals surface area contributed by atoms with Gasteiger partial charge in [-0.25, -0.2) is 8.42 Å². The van der Waals surface area contributed by atoms with Crippen LogP contribution in [0.2, 0.25) is 5.02 Å². The maximum Gasteiger partial charge on any atom is 0.239 e. The normalized spacial score (nSPS) is 11.4. The molecule has 0 heterocycles. The molecule has 0 aliphatic carbocycles. The second-order valence-electron chi connectivity index (χ2n) is 5.78. The van der Waals surface area contributed by atoms with Gasteiger partial charge in [0.25, 0.3) is 0 Å². The van der Waals surface area contributed by atoms with E-state index in [0.717, 1.165) is 16.3 Å². The van der Waals surface area contributed by atoms with E-state index in [1.165, 1.54) is 6.07 Å². The van der Waals surface area contributed by atoms with Crippen LogP contribution in [0.25, 0.3) is 10.8 Å². The van der Waals surface area contributed by atoms with Crippen LogP contribution in [0.1, 0.15) is 5.56 Å². The van der Waals surface area contributed by atoms with Gasteiger partial charge in [-0.3, -0.25) is 4.79 Å². The monoisotopic (exact) mass is 373 g/mol. The molecule has 6 heteroatoms. The molecule has 0 atom stereocenters. The Labute approximate surface area is 151 Å². The number of rotatable bonds is 4. The number of amides is 1. The van der Waals surface area contributed by atoms with Crippen molar-refractivity contribution in [1.82, 2.24) is 0 Å². The van der Waals surface area contributed by atoms with Gasteiger partial charge in [-0.2, -0.15) is 0 Å². The maximum atomic E-state index is 12.5. The van der Waals surface area contributed by atoms with Crippen LogP contribution in [0.4, 0.5) is 5.69 Å². The van der Waals surface area contributed by atoms with Crippen molar-refractivity contribution in [2.24, 2.45) is 0 Å². The highest BCUT2D eigenvalue weighted by molar-refractivity contribution is 7.92. The molecule has 0 saturated carbocycles. The Balaban J connectivity index is 1.82. The van der Waals surface area contributed by atoms with Crippen LogP contribution >= 0.6 is 11.6 Å². The van der Waals surface area contributed by atoms with Gasteiger partial charge in [0.15, 0.2) is 9.84 Å². The fraction of sp³-hybridized carbons (Fsp3) is 0.105. The van der Waals surface area contributed by atoms with Crippen molar-refractivity contribution in [2.45, 2.75) is 11.8 Å². The maximum absolute atomic E-state index is 12.5. The van der Waals surface area contributed by atoms with Crippen LogP contribution in [-0.2, 0) is 14.6 Å². The number of anilines is 1. The van der Waals surface area contributed by atoms with Gasteiger partial charge in [-0.1, -0.05) is 48.0 Å². The van der Waals surface area contributed by atoms with Gasteiger partial charge in [0.1, 0.15) is 5.75 Å². The zero-order valence-corrected chi connectivity index (χ0v) is 15.1. The van der Waals surface area contributed by atoms with Gasteiger partial charge in [0.2, 0.25) is 5.91 Å². The highest BCUT2D eigenvalue weighted by atomic mass is 35.5. The summed E-state index contributed by atoms with van der Waals surface area (Å²) in [5.74, 6) is -1.23. The third-order valence-electron chi connectivity index (χ3n) is 3.87. The predicted octanol–water partition coefficient (Wildman–Crippen LogP) is 4.21. The van der Waals surface area contributed by atoms with Crippen molar-refractivity contribution in [2.75, 3.05) is 11.1 Å². The lowest BCUT2D eigenvalue weighted by molar-refractivity contribution is -0.113. The SMILES string of the molecule is Cc1ccc(Cl)cc1NC(=O)CS(=O)(=O)c1ccc2ccccc2c1. The number of halogens is 1. The summed E-state index contributed by atoms with van der Waals surface area (Å²) >= 11 is 5.92. The molecule has 0 radical (unpaired) electrons. The quantitative estimate of drug-likeness (QED) is 0.744. The van der Waals surface area contributed by atoms with Crippen molar-refractivity contribution in [3.05, 3.63) is 71.2 Å². The van der Waals surface area contributed by atoms with Gasteiger partial charge < -0.3 is 5.32 Å². The standard InChI is InChI=1S/C19H16ClNO3S/c1-13-6-8-16(20)11-18(13)21-19(22)12-25(23,24)17-9-7-14-4-2-3-5-15(14)10-17/h2-11H,12H2,1H3,(H,21,22). The summed E-state index contributed by atoms with van der Waals surface area (Å²) in [6.45, 7) is 1.81. The Bertz CT molecular complexity index is 1060. The summed E-state index contributed by atoms with van der Waals surface area (Å²) in [5.41, 5.74) is 1.31. The molecule has 0 bridgehead atoms. The van der Waals surface area contributed by atoms with Crippen molar-refractivity contribution in [3.63, 3.8) is 0 Å². The average Bonchev–Trinajstić information content (AvgIpc) is 2.57.